The number of nitrogens with zero attached hydrogens (tertiary/aromatic N) is 3. The molecule has 88 valence electrons. The Morgan fingerprint density at radius 3 is 2.44 bits per heavy atom. The zero-order valence-corrected chi connectivity index (χ0v) is 9.93. The van der Waals surface area contributed by atoms with Crippen molar-refractivity contribution in [2.75, 3.05) is 11.4 Å². The fraction of sp³-hybridized carbons (Fsp3) is 0.667. The molecule has 1 aliphatic rings. The molecule has 1 saturated carbocycles. The summed E-state index contributed by atoms with van der Waals surface area (Å²) >= 11 is 0. The molecule has 0 spiro atoms. The average Bonchev–Trinajstić information content (AvgIpc) is 3.10. The lowest BCUT2D eigenvalue weighted by Crippen LogP contribution is -2.31. The van der Waals surface area contributed by atoms with Gasteiger partial charge in [0.1, 0.15) is 0 Å². The van der Waals surface area contributed by atoms with E-state index in [2.05, 4.69) is 28.7 Å². The molecule has 1 fully saturated rings. The fourth-order valence-electron chi connectivity index (χ4n) is 1.75. The normalized spacial score (nSPS) is 15.5. The van der Waals surface area contributed by atoms with Crippen molar-refractivity contribution >= 4 is 5.95 Å². The second-order valence-corrected chi connectivity index (χ2v) is 4.83. The number of aromatic nitrogens is 2. The van der Waals surface area contributed by atoms with E-state index in [1.807, 2.05) is 0 Å². The second kappa shape index (κ2) is 4.78. The zero-order valence-electron chi connectivity index (χ0n) is 9.93. The molecule has 1 aliphatic carbocycles. The van der Waals surface area contributed by atoms with Crippen molar-refractivity contribution < 1.29 is 5.11 Å². The van der Waals surface area contributed by atoms with Gasteiger partial charge in [0, 0.05) is 30.5 Å². The van der Waals surface area contributed by atoms with Crippen LogP contribution in [0.4, 0.5) is 5.95 Å². The smallest absolute Gasteiger partial charge is 0.225 e. The number of rotatable bonds is 5. The van der Waals surface area contributed by atoms with Gasteiger partial charge in [-0.05, 0) is 18.8 Å². The van der Waals surface area contributed by atoms with Crippen LogP contribution in [0.1, 0.15) is 32.3 Å². The van der Waals surface area contributed by atoms with Crippen LogP contribution < -0.4 is 4.90 Å². The molecule has 4 heteroatoms. The summed E-state index contributed by atoms with van der Waals surface area (Å²) in [6.45, 7) is 5.42. The largest absolute Gasteiger partial charge is 0.392 e. The third kappa shape index (κ3) is 2.70. The highest BCUT2D eigenvalue weighted by Gasteiger charge is 2.30. The minimum absolute atomic E-state index is 0.00783. The first-order valence-electron chi connectivity index (χ1n) is 5.89. The lowest BCUT2D eigenvalue weighted by molar-refractivity contribution is 0.281. The Hall–Kier alpha value is -1.16. The summed E-state index contributed by atoms with van der Waals surface area (Å²) in [4.78, 5) is 10.9. The maximum absolute atomic E-state index is 8.94. The molecule has 0 aliphatic heterocycles. The highest BCUT2D eigenvalue weighted by Crippen LogP contribution is 2.30. The highest BCUT2D eigenvalue weighted by atomic mass is 16.3. The second-order valence-electron chi connectivity index (χ2n) is 4.83. The van der Waals surface area contributed by atoms with Crippen LogP contribution in [0.3, 0.4) is 0 Å². The molecular formula is C12H19N3O. The average molecular weight is 221 g/mol. The standard InChI is InChI=1S/C12H19N3O/c1-9(2)7-15(11-3-4-11)12-13-5-10(8-16)6-14-12/h5-6,9,11,16H,3-4,7-8H2,1-2H3. The van der Waals surface area contributed by atoms with Gasteiger partial charge in [-0.25, -0.2) is 9.97 Å². The van der Waals surface area contributed by atoms with Crippen molar-refractivity contribution in [3.63, 3.8) is 0 Å². The molecule has 1 aromatic rings. The number of hydrogen-bond donors (Lipinski definition) is 1. The van der Waals surface area contributed by atoms with Gasteiger partial charge in [0.25, 0.3) is 0 Å². The Kier molecular flexibility index (Phi) is 3.39. The molecule has 4 nitrogen and oxygen atoms in total. The Bertz CT molecular complexity index is 333. The summed E-state index contributed by atoms with van der Waals surface area (Å²) in [5.41, 5.74) is 0.768. The molecule has 0 unspecified atom stereocenters. The van der Waals surface area contributed by atoms with E-state index in [0.717, 1.165) is 18.1 Å². The third-order valence-electron chi connectivity index (χ3n) is 2.68. The summed E-state index contributed by atoms with van der Waals surface area (Å²) < 4.78 is 0. The molecule has 0 saturated heterocycles. The minimum Gasteiger partial charge on any atom is -0.392 e. The van der Waals surface area contributed by atoms with Gasteiger partial charge in [-0.3, -0.25) is 0 Å². The summed E-state index contributed by atoms with van der Waals surface area (Å²) in [5.74, 6) is 1.41. The van der Waals surface area contributed by atoms with Gasteiger partial charge in [0.05, 0.1) is 6.61 Å². The van der Waals surface area contributed by atoms with Gasteiger partial charge in [0.2, 0.25) is 5.95 Å². The predicted octanol–water partition coefficient (Wildman–Crippen LogP) is 1.59. The summed E-state index contributed by atoms with van der Waals surface area (Å²) in [6, 6.07) is 0.627. The van der Waals surface area contributed by atoms with E-state index in [0.29, 0.717) is 12.0 Å². The van der Waals surface area contributed by atoms with Crippen molar-refractivity contribution in [3.05, 3.63) is 18.0 Å². The first-order valence-corrected chi connectivity index (χ1v) is 5.89. The summed E-state index contributed by atoms with van der Waals surface area (Å²) in [6.07, 6.45) is 5.91. The van der Waals surface area contributed by atoms with Gasteiger partial charge in [-0.15, -0.1) is 0 Å². The van der Waals surface area contributed by atoms with Crippen molar-refractivity contribution in [1.29, 1.82) is 0 Å². The highest BCUT2D eigenvalue weighted by molar-refractivity contribution is 5.34. The van der Waals surface area contributed by atoms with E-state index in [1.165, 1.54) is 12.8 Å². The van der Waals surface area contributed by atoms with E-state index in [4.69, 9.17) is 5.11 Å². The van der Waals surface area contributed by atoms with Crippen LogP contribution in [0.25, 0.3) is 0 Å². The molecule has 1 N–H and O–H groups in total. The van der Waals surface area contributed by atoms with E-state index in [1.54, 1.807) is 12.4 Å². The molecule has 16 heavy (non-hydrogen) atoms. The van der Waals surface area contributed by atoms with Crippen LogP contribution in [-0.2, 0) is 6.61 Å². The Labute approximate surface area is 96.3 Å². The molecule has 1 aromatic heterocycles. The third-order valence-corrected chi connectivity index (χ3v) is 2.68. The van der Waals surface area contributed by atoms with E-state index in [-0.39, 0.29) is 6.61 Å². The molecule has 0 radical (unpaired) electrons. The van der Waals surface area contributed by atoms with Crippen molar-refractivity contribution in [3.8, 4) is 0 Å². The van der Waals surface area contributed by atoms with Crippen molar-refractivity contribution in [2.45, 2.75) is 39.3 Å². The zero-order chi connectivity index (χ0) is 11.5. The maximum Gasteiger partial charge on any atom is 0.225 e. The summed E-state index contributed by atoms with van der Waals surface area (Å²) in [7, 11) is 0. The van der Waals surface area contributed by atoms with Gasteiger partial charge in [-0.1, -0.05) is 13.8 Å². The van der Waals surface area contributed by atoms with Gasteiger partial charge < -0.3 is 10.0 Å². The monoisotopic (exact) mass is 221 g/mol. The molecular weight excluding hydrogens is 202 g/mol. The van der Waals surface area contributed by atoms with E-state index >= 15 is 0 Å². The predicted molar refractivity (Wildman–Crippen MR) is 63.2 cm³/mol. The van der Waals surface area contributed by atoms with Crippen LogP contribution in [-0.4, -0.2) is 27.7 Å². The first-order chi connectivity index (χ1) is 7.70. The molecule has 2 rings (SSSR count). The van der Waals surface area contributed by atoms with E-state index < -0.39 is 0 Å². The lowest BCUT2D eigenvalue weighted by atomic mass is 10.2. The Balaban J connectivity index is 2.11. The van der Waals surface area contributed by atoms with Crippen LogP contribution in [0.5, 0.6) is 0 Å². The molecule has 0 aromatic carbocycles. The van der Waals surface area contributed by atoms with Crippen LogP contribution in [0.15, 0.2) is 12.4 Å². The first kappa shape index (κ1) is 11.3. The fourth-order valence-corrected chi connectivity index (χ4v) is 1.75. The van der Waals surface area contributed by atoms with Crippen molar-refractivity contribution in [2.24, 2.45) is 5.92 Å². The lowest BCUT2D eigenvalue weighted by Gasteiger charge is -2.24. The Morgan fingerprint density at radius 1 is 1.38 bits per heavy atom. The number of aliphatic hydroxyl groups excluding tert-OH is 1. The molecule has 0 atom stereocenters. The molecule has 0 bridgehead atoms. The molecule has 1 heterocycles. The number of hydrogen-bond acceptors (Lipinski definition) is 4. The quantitative estimate of drug-likeness (QED) is 0.820. The van der Waals surface area contributed by atoms with Gasteiger partial charge in [-0.2, -0.15) is 0 Å². The van der Waals surface area contributed by atoms with Crippen LogP contribution in [0.2, 0.25) is 0 Å². The maximum atomic E-state index is 8.94. The molecule has 0 amide bonds. The SMILES string of the molecule is CC(C)CN(c1ncc(CO)cn1)C1CC1. The van der Waals surface area contributed by atoms with Gasteiger partial charge >= 0.3 is 0 Å². The van der Waals surface area contributed by atoms with E-state index in [9.17, 15) is 0 Å². The van der Waals surface area contributed by atoms with Crippen molar-refractivity contribution in [1.82, 2.24) is 9.97 Å². The number of anilines is 1. The van der Waals surface area contributed by atoms with Crippen LogP contribution in [0, 0.1) is 5.92 Å². The topological polar surface area (TPSA) is 49.2 Å². The minimum atomic E-state index is 0.00783. The Morgan fingerprint density at radius 2 is 2.00 bits per heavy atom. The van der Waals surface area contributed by atoms with Gasteiger partial charge in [0.15, 0.2) is 0 Å². The number of aliphatic hydroxyl groups is 1. The summed E-state index contributed by atoms with van der Waals surface area (Å²) in [5, 5.41) is 8.94. The van der Waals surface area contributed by atoms with Crippen LogP contribution >= 0.6 is 0 Å².